The molecule has 2 rings (SSSR count). The minimum absolute atomic E-state index is 0.0407. The molecule has 1 aromatic heterocycles. The summed E-state index contributed by atoms with van der Waals surface area (Å²) in [6.45, 7) is 1.66. The van der Waals surface area contributed by atoms with Gasteiger partial charge in [0.2, 0.25) is 0 Å². The second-order valence-electron chi connectivity index (χ2n) is 4.22. The largest absolute Gasteiger partial charge is 0.467 e. The predicted octanol–water partition coefficient (Wildman–Crippen LogP) is 3.22. The molecule has 1 heterocycles. The van der Waals surface area contributed by atoms with E-state index >= 15 is 0 Å². The van der Waals surface area contributed by atoms with Crippen molar-refractivity contribution < 1.29 is 13.9 Å². The number of nitrogens with one attached hydrogen (secondary N) is 1. The van der Waals surface area contributed by atoms with E-state index in [1.807, 2.05) is 36.4 Å². The highest BCUT2D eigenvalue weighted by Crippen LogP contribution is 2.10. The number of ether oxygens (including phenoxy) is 1. The Morgan fingerprint density at radius 1 is 1.25 bits per heavy atom. The lowest BCUT2D eigenvalue weighted by Gasteiger charge is -2.07. The SMILES string of the molecule is O=C(NCCCOCc1ccco1)c1ccccc1I. The van der Waals surface area contributed by atoms with Gasteiger partial charge in [-0.3, -0.25) is 4.79 Å². The van der Waals surface area contributed by atoms with Crippen molar-refractivity contribution in [3.05, 3.63) is 57.6 Å². The molecular weight excluding hydrogens is 369 g/mol. The molecule has 2 aromatic rings. The van der Waals surface area contributed by atoms with E-state index in [0.717, 1.165) is 15.8 Å². The molecule has 0 fully saturated rings. The second-order valence-corrected chi connectivity index (χ2v) is 5.38. The Bertz CT molecular complexity index is 540. The van der Waals surface area contributed by atoms with Crippen LogP contribution >= 0.6 is 22.6 Å². The molecule has 4 nitrogen and oxygen atoms in total. The van der Waals surface area contributed by atoms with Gasteiger partial charge >= 0.3 is 0 Å². The number of amides is 1. The zero-order valence-corrected chi connectivity index (χ0v) is 13.1. The third kappa shape index (κ3) is 4.64. The average molecular weight is 385 g/mol. The van der Waals surface area contributed by atoms with Crippen molar-refractivity contribution in [2.75, 3.05) is 13.2 Å². The van der Waals surface area contributed by atoms with E-state index in [-0.39, 0.29) is 5.91 Å². The summed E-state index contributed by atoms with van der Waals surface area (Å²) in [5.74, 6) is 0.772. The zero-order chi connectivity index (χ0) is 14.2. The molecule has 0 unspecified atom stereocenters. The highest BCUT2D eigenvalue weighted by atomic mass is 127. The highest BCUT2D eigenvalue weighted by Gasteiger charge is 2.07. The third-order valence-electron chi connectivity index (χ3n) is 2.69. The van der Waals surface area contributed by atoms with E-state index in [1.54, 1.807) is 6.26 Å². The molecule has 0 atom stereocenters. The van der Waals surface area contributed by atoms with Crippen LogP contribution in [0.5, 0.6) is 0 Å². The van der Waals surface area contributed by atoms with E-state index < -0.39 is 0 Å². The van der Waals surface area contributed by atoms with Crippen molar-refractivity contribution in [1.82, 2.24) is 5.32 Å². The quantitative estimate of drug-likeness (QED) is 0.588. The Labute approximate surface area is 131 Å². The topological polar surface area (TPSA) is 51.5 Å². The van der Waals surface area contributed by atoms with Crippen molar-refractivity contribution in [2.45, 2.75) is 13.0 Å². The number of hydrogen-bond donors (Lipinski definition) is 1. The van der Waals surface area contributed by atoms with Crippen LogP contribution in [-0.2, 0) is 11.3 Å². The molecule has 0 saturated carbocycles. The molecule has 1 amide bonds. The summed E-state index contributed by atoms with van der Waals surface area (Å²) in [7, 11) is 0. The standard InChI is InChI=1S/C15H16INO3/c16-14-7-2-1-6-13(14)15(18)17-8-4-9-19-11-12-5-3-10-20-12/h1-3,5-7,10H,4,8-9,11H2,(H,17,18). The van der Waals surface area contributed by atoms with Gasteiger partial charge in [0.05, 0.1) is 11.8 Å². The second kappa shape index (κ2) is 8.06. The predicted molar refractivity (Wildman–Crippen MR) is 84.5 cm³/mol. The Morgan fingerprint density at radius 2 is 2.10 bits per heavy atom. The number of furan rings is 1. The molecule has 0 radical (unpaired) electrons. The molecule has 5 heteroatoms. The van der Waals surface area contributed by atoms with Crippen molar-refractivity contribution in [2.24, 2.45) is 0 Å². The first-order valence-corrected chi connectivity index (χ1v) is 7.48. The fourth-order valence-corrected chi connectivity index (χ4v) is 2.32. The molecule has 0 aliphatic heterocycles. The molecular formula is C15H16INO3. The molecule has 0 aliphatic carbocycles. The van der Waals surface area contributed by atoms with E-state index in [1.165, 1.54) is 0 Å². The maximum atomic E-state index is 11.9. The molecule has 106 valence electrons. The van der Waals surface area contributed by atoms with Crippen LogP contribution in [-0.4, -0.2) is 19.1 Å². The van der Waals surface area contributed by atoms with Gasteiger partial charge in [0.1, 0.15) is 12.4 Å². The smallest absolute Gasteiger partial charge is 0.252 e. The lowest BCUT2D eigenvalue weighted by molar-refractivity contribution is 0.0916. The zero-order valence-electron chi connectivity index (χ0n) is 11.0. The summed E-state index contributed by atoms with van der Waals surface area (Å²) >= 11 is 2.16. The number of hydrogen-bond acceptors (Lipinski definition) is 3. The molecule has 1 N–H and O–H groups in total. The molecule has 20 heavy (non-hydrogen) atoms. The minimum Gasteiger partial charge on any atom is -0.467 e. The Hall–Kier alpha value is -1.34. The first-order valence-electron chi connectivity index (χ1n) is 6.40. The maximum absolute atomic E-state index is 11.9. The number of carbonyl (C=O) groups is 1. The fourth-order valence-electron chi connectivity index (χ4n) is 1.68. The van der Waals surface area contributed by atoms with Gasteiger partial charge in [0.25, 0.3) is 5.91 Å². The number of halogens is 1. The average Bonchev–Trinajstić information content (AvgIpc) is 2.96. The lowest BCUT2D eigenvalue weighted by atomic mass is 10.2. The van der Waals surface area contributed by atoms with E-state index in [9.17, 15) is 4.79 Å². The Kier molecular flexibility index (Phi) is 6.07. The first kappa shape index (κ1) is 15.1. The number of benzene rings is 1. The van der Waals surface area contributed by atoms with Crippen LogP contribution < -0.4 is 5.32 Å². The molecule has 1 aromatic carbocycles. The van der Waals surface area contributed by atoms with Crippen LogP contribution in [0.2, 0.25) is 0 Å². The van der Waals surface area contributed by atoms with Crippen LogP contribution in [0.3, 0.4) is 0 Å². The van der Waals surface area contributed by atoms with E-state index in [0.29, 0.717) is 25.3 Å². The normalized spacial score (nSPS) is 10.4. The van der Waals surface area contributed by atoms with Crippen LogP contribution in [0.15, 0.2) is 47.1 Å². The summed E-state index contributed by atoms with van der Waals surface area (Å²) in [6, 6.07) is 11.2. The van der Waals surface area contributed by atoms with Gasteiger partial charge in [-0.15, -0.1) is 0 Å². The molecule has 0 saturated heterocycles. The van der Waals surface area contributed by atoms with Crippen molar-refractivity contribution in [3.8, 4) is 0 Å². The van der Waals surface area contributed by atoms with Crippen molar-refractivity contribution in [1.29, 1.82) is 0 Å². The maximum Gasteiger partial charge on any atom is 0.252 e. The van der Waals surface area contributed by atoms with Crippen LogP contribution in [0.4, 0.5) is 0 Å². The number of carbonyl (C=O) groups excluding carboxylic acids is 1. The van der Waals surface area contributed by atoms with Gasteiger partial charge < -0.3 is 14.5 Å². The monoisotopic (exact) mass is 385 g/mol. The lowest BCUT2D eigenvalue weighted by Crippen LogP contribution is -2.25. The highest BCUT2D eigenvalue weighted by molar-refractivity contribution is 14.1. The van der Waals surface area contributed by atoms with Crippen LogP contribution in [0, 0.1) is 3.57 Å². The van der Waals surface area contributed by atoms with E-state index in [4.69, 9.17) is 9.15 Å². The van der Waals surface area contributed by atoms with Gasteiger partial charge in [0, 0.05) is 16.7 Å². The first-order chi connectivity index (χ1) is 9.77. The van der Waals surface area contributed by atoms with Crippen LogP contribution in [0.25, 0.3) is 0 Å². The summed E-state index contributed by atoms with van der Waals surface area (Å²) in [4.78, 5) is 11.9. The summed E-state index contributed by atoms with van der Waals surface area (Å²) < 4.78 is 11.6. The van der Waals surface area contributed by atoms with Crippen LogP contribution in [0.1, 0.15) is 22.5 Å². The molecule has 0 aliphatic rings. The fraction of sp³-hybridized carbons (Fsp3) is 0.267. The van der Waals surface area contributed by atoms with E-state index in [2.05, 4.69) is 27.9 Å². The van der Waals surface area contributed by atoms with Gasteiger partial charge in [-0.25, -0.2) is 0 Å². The summed E-state index contributed by atoms with van der Waals surface area (Å²) in [5.41, 5.74) is 0.713. The molecule has 0 spiro atoms. The Balaban J connectivity index is 1.61. The summed E-state index contributed by atoms with van der Waals surface area (Å²) in [5, 5.41) is 2.89. The van der Waals surface area contributed by atoms with Crippen molar-refractivity contribution >= 4 is 28.5 Å². The van der Waals surface area contributed by atoms with Gasteiger partial charge in [-0.2, -0.15) is 0 Å². The third-order valence-corrected chi connectivity index (χ3v) is 3.63. The summed E-state index contributed by atoms with van der Waals surface area (Å²) in [6.07, 6.45) is 2.40. The molecule has 0 bridgehead atoms. The van der Waals surface area contributed by atoms with Gasteiger partial charge in [-0.1, -0.05) is 12.1 Å². The van der Waals surface area contributed by atoms with Gasteiger partial charge in [-0.05, 0) is 53.3 Å². The minimum atomic E-state index is -0.0407. The van der Waals surface area contributed by atoms with Crippen molar-refractivity contribution in [3.63, 3.8) is 0 Å². The van der Waals surface area contributed by atoms with Gasteiger partial charge in [0.15, 0.2) is 0 Å². The number of rotatable bonds is 7. The Morgan fingerprint density at radius 3 is 2.85 bits per heavy atom.